The largest absolute Gasteiger partial charge is 0.310 e. The molecule has 0 unspecified atom stereocenters. The van der Waals surface area contributed by atoms with Gasteiger partial charge in [0.2, 0.25) is 0 Å². The molecule has 0 saturated heterocycles. The second kappa shape index (κ2) is 14.8. The first-order valence-electron chi connectivity index (χ1n) is 19.9. The van der Waals surface area contributed by atoms with Crippen molar-refractivity contribution in [1.82, 2.24) is 9.55 Å². The van der Waals surface area contributed by atoms with Crippen LogP contribution < -0.4 is 4.90 Å². The van der Waals surface area contributed by atoms with Crippen molar-refractivity contribution in [3.63, 3.8) is 0 Å². The molecular weight excluding hydrogens is 735 g/mol. The summed E-state index contributed by atoms with van der Waals surface area (Å²) in [6.45, 7) is 0. The van der Waals surface area contributed by atoms with Crippen LogP contribution in [-0.2, 0) is 0 Å². The third kappa shape index (κ3) is 6.46. The third-order valence-electron chi connectivity index (χ3n) is 11.2. The van der Waals surface area contributed by atoms with Crippen molar-refractivity contribution in [3.8, 4) is 50.5 Å². The van der Waals surface area contributed by atoms with Crippen molar-refractivity contribution >= 4 is 59.6 Å². The van der Waals surface area contributed by atoms with Crippen molar-refractivity contribution in [2.75, 3.05) is 4.90 Å². The molecule has 2 heterocycles. The SMILES string of the molecule is c1ccc(-c2ccc(N(c3ccc(-c4cccc(-c5ccc6nc(-c7ccccc7)n(-c7ccccc7)c6c5)c4)cc3)c3ccc4c(c3)sc3ccccc34)cc2)cc1. The highest BCUT2D eigenvalue weighted by molar-refractivity contribution is 7.25. The average molecular weight is 772 g/mol. The van der Waals surface area contributed by atoms with Gasteiger partial charge in [0, 0.05) is 48.5 Å². The minimum atomic E-state index is 0.933. The van der Waals surface area contributed by atoms with E-state index in [1.165, 1.54) is 36.9 Å². The molecule has 0 fully saturated rings. The lowest BCUT2D eigenvalue weighted by atomic mass is 9.98. The van der Waals surface area contributed by atoms with E-state index in [1.807, 2.05) is 17.4 Å². The number of fused-ring (bicyclic) bond motifs is 4. The van der Waals surface area contributed by atoms with Crippen LogP contribution in [0.1, 0.15) is 0 Å². The Bertz CT molecular complexity index is 3240. The Morgan fingerprint density at radius 1 is 0.356 bits per heavy atom. The maximum atomic E-state index is 5.13. The summed E-state index contributed by atoms with van der Waals surface area (Å²) in [4.78, 5) is 7.50. The van der Waals surface area contributed by atoms with Gasteiger partial charge in [-0.1, -0.05) is 152 Å². The van der Waals surface area contributed by atoms with Crippen LogP contribution in [0.3, 0.4) is 0 Å². The topological polar surface area (TPSA) is 21.1 Å². The molecule has 0 spiro atoms. The maximum absolute atomic E-state index is 5.13. The van der Waals surface area contributed by atoms with E-state index in [4.69, 9.17) is 4.98 Å². The average Bonchev–Trinajstić information content (AvgIpc) is 3.89. The number of benzene rings is 9. The number of rotatable bonds is 8. The van der Waals surface area contributed by atoms with Gasteiger partial charge in [-0.3, -0.25) is 4.57 Å². The van der Waals surface area contributed by atoms with E-state index in [2.05, 4.69) is 228 Å². The molecule has 0 atom stereocenters. The van der Waals surface area contributed by atoms with Gasteiger partial charge in [0.1, 0.15) is 5.82 Å². The summed E-state index contributed by atoms with van der Waals surface area (Å²) in [6.07, 6.45) is 0. The lowest BCUT2D eigenvalue weighted by Crippen LogP contribution is -2.09. The zero-order valence-corrected chi connectivity index (χ0v) is 32.9. The summed E-state index contributed by atoms with van der Waals surface area (Å²) in [5, 5.41) is 2.60. The first-order chi connectivity index (χ1) is 29.2. The molecule has 0 aliphatic heterocycles. The number of nitrogens with zero attached hydrogens (tertiary/aromatic N) is 3. The zero-order valence-electron chi connectivity index (χ0n) is 32.1. The minimum absolute atomic E-state index is 0.933. The molecule has 4 heteroatoms. The Labute approximate surface area is 347 Å². The Balaban J connectivity index is 0.962. The lowest BCUT2D eigenvalue weighted by molar-refractivity contribution is 1.10. The standard InChI is InChI=1S/C55H37N3S/c1-4-13-38(14-5-1)39-23-28-46(29-24-39)57(48-32-33-50-49-21-10-11-22-53(49)59-54(50)37-48)47-30-25-40(26-31-47)42-17-12-18-43(35-42)44-27-34-51-52(36-44)58(45-19-8-3-9-20-45)55(56-51)41-15-6-2-7-16-41/h1-37H. The molecule has 0 bridgehead atoms. The van der Waals surface area contributed by atoms with Crippen LogP contribution >= 0.6 is 11.3 Å². The van der Waals surface area contributed by atoms with Crippen molar-refractivity contribution < 1.29 is 0 Å². The summed E-state index contributed by atoms with van der Waals surface area (Å²) < 4.78 is 4.86. The smallest absolute Gasteiger partial charge is 0.145 e. The van der Waals surface area contributed by atoms with Gasteiger partial charge < -0.3 is 4.90 Å². The molecule has 0 amide bonds. The van der Waals surface area contributed by atoms with E-state index in [1.54, 1.807) is 0 Å². The number of anilines is 3. The van der Waals surface area contributed by atoms with Crippen LogP contribution in [0.25, 0.3) is 81.7 Å². The fraction of sp³-hybridized carbons (Fsp3) is 0. The molecule has 59 heavy (non-hydrogen) atoms. The molecule has 0 aliphatic carbocycles. The second-order valence-corrected chi connectivity index (χ2v) is 15.9. The highest BCUT2D eigenvalue weighted by atomic mass is 32.1. The molecule has 278 valence electrons. The molecule has 11 aromatic rings. The maximum Gasteiger partial charge on any atom is 0.145 e. The van der Waals surface area contributed by atoms with E-state index >= 15 is 0 Å². The van der Waals surface area contributed by atoms with Gasteiger partial charge in [-0.05, 0) is 106 Å². The van der Waals surface area contributed by atoms with Gasteiger partial charge in [-0.25, -0.2) is 4.98 Å². The zero-order chi connectivity index (χ0) is 39.1. The quantitative estimate of drug-likeness (QED) is 0.153. The lowest BCUT2D eigenvalue weighted by Gasteiger charge is -2.26. The van der Waals surface area contributed by atoms with Gasteiger partial charge in [-0.15, -0.1) is 11.3 Å². The predicted octanol–water partition coefficient (Wildman–Crippen LogP) is 15.5. The number of hydrogen-bond acceptors (Lipinski definition) is 3. The van der Waals surface area contributed by atoms with Crippen LogP contribution in [0.5, 0.6) is 0 Å². The fourth-order valence-corrected chi connectivity index (χ4v) is 9.43. The Morgan fingerprint density at radius 2 is 0.864 bits per heavy atom. The van der Waals surface area contributed by atoms with E-state index in [0.29, 0.717) is 0 Å². The Morgan fingerprint density at radius 3 is 1.58 bits per heavy atom. The second-order valence-electron chi connectivity index (χ2n) is 14.8. The molecule has 0 saturated carbocycles. The van der Waals surface area contributed by atoms with Crippen molar-refractivity contribution in [3.05, 3.63) is 224 Å². The molecule has 2 aromatic heterocycles. The molecule has 9 aromatic carbocycles. The normalized spacial score (nSPS) is 11.4. The third-order valence-corrected chi connectivity index (χ3v) is 12.3. The fourth-order valence-electron chi connectivity index (χ4n) is 8.29. The first kappa shape index (κ1) is 34.7. The van der Waals surface area contributed by atoms with Gasteiger partial charge in [0.25, 0.3) is 0 Å². The summed E-state index contributed by atoms with van der Waals surface area (Å²) in [5.41, 5.74) is 14.6. The predicted molar refractivity (Wildman–Crippen MR) is 250 cm³/mol. The molecule has 0 aliphatic rings. The number of aromatic nitrogens is 2. The highest BCUT2D eigenvalue weighted by Gasteiger charge is 2.17. The highest BCUT2D eigenvalue weighted by Crippen LogP contribution is 2.42. The Hall–Kier alpha value is -7.53. The summed E-state index contributed by atoms with van der Waals surface area (Å²) >= 11 is 1.85. The van der Waals surface area contributed by atoms with Crippen molar-refractivity contribution in [1.29, 1.82) is 0 Å². The molecule has 11 rings (SSSR count). The number of para-hydroxylation sites is 1. The first-order valence-corrected chi connectivity index (χ1v) is 20.8. The van der Waals surface area contributed by atoms with Crippen molar-refractivity contribution in [2.24, 2.45) is 0 Å². The van der Waals surface area contributed by atoms with Gasteiger partial charge in [-0.2, -0.15) is 0 Å². The van der Waals surface area contributed by atoms with Gasteiger partial charge >= 0.3 is 0 Å². The minimum Gasteiger partial charge on any atom is -0.310 e. The van der Waals surface area contributed by atoms with Gasteiger partial charge in [0.15, 0.2) is 0 Å². The van der Waals surface area contributed by atoms with E-state index in [0.717, 1.165) is 61.9 Å². The number of imidazole rings is 1. The number of thiophene rings is 1. The number of hydrogen-bond donors (Lipinski definition) is 0. The van der Waals surface area contributed by atoms with Crippen molar-refractivity contribution in [2.45, 2.75) is 0 Å². The summed E-state index contributed by atoms with van der Waals surface area (Å²) in [6, 6.07) is 80.5. The van der Waals surface area contributed by atoms with Crippen LogP contribution in [0.2, 0.25) is 0 Å². The van der Waals surface area contributed by atoms with E-state index < -0.39 is 0 Å². The summed E-state index contributed by atoms with van der Waals surface area (Å²) in [5.74, 6) is 0.933. The van der Waals surface area contributed by atoms with Crippen LogP contribution in [0.4, 0.5) is 17.1 Å². The molecule has 0 N–H and O–H groups in total. The summed E-state index contributed by atoms with van der Waals surface area (Å²) in [7, 11) is 0. The van der Waals surface area contributed by atoms with E-state index in [-0.39, 0.29) is 0 Å². The molecule has 3 nitrogen and oxygen atoms in total. The van der Waals surface area contributed by atoms with Gasteiger partial charge in [0.05, 0.1) is 11.0 Å². The monoisotopic (exact) mass is 771 g/mol. The van der Waals surface area contributed by atoms with Crippen LogP contribution in [-0.4, -0.2) is 9.55 Å². The molecular formula is C55H37N3S. The van der Waals surface area contributed by atoms with Crippen LogP contribution in [0, 0.1) is 0 Å². The van der Waals surface area contributed by atoms with E-state index in [9.17, 15) is 0 Å². The molecule has 0 radical (unpaired) electrons. The van der Waals surface area contributed by atoms with Crippen LogP contribution in [0.15, 0.2) is 224 Å². The Kier molecular flexibility index (Phi) is 8.68.